The van der Waals surface area contributed by atoms with Crippen LogP contribution in [-0.4, -0.2) is 82.6 Å². The van der Waals surface area contributed by atoms with E-state index in [0.29, 0.717) is 56.5 Å². The van der Waals surface area contributed by atoms with Gasteiger partial charge in [-0.05, 0) is 50.6 Å². The Morgan fingerprint density at radius 1 is 0.944 bits per heavy atom. The first-order valence-electron chi connectivity index (χ1n) is 12.7. The maximum absolute atomic E-state index is 12.5. The van der Waals surface area contributed by atoms with Gasteiger partial charge in [-0.3, -0.25) is 15.0 Å². The van der Waals surface area contributed by atoms with Crippen LogP contribution in [0.2, 0.25) is 0 Å². The van der Waals surface area contributed by atoms with Gasteiger partial charge in [0.05, 0.1) is 12.3 Å². The lowest BCUT2D eigenvalue weighted by Gasteiger charge is -2.36. The number of para-hydroxylation sites is 2. The predicted molar refractivity (Wildman–Crippen MR) is 141 cm³/mol. The fourth-order valence-electron chi connectivity index (χ4n) is 3.96. The minimum absolute atomic E-state index is 0.0636. The van der Waals surface area contributed by atoms with Crippen LogP contribution in [0.15, 0.2) is 48.5 Å². The Balaban J connectivity index is 1.37. The van der Waals surface area contributed by atoms with Crippen molar-refractivity contribution in [3.63, 3.8) is 0 Å². The van der Waals surface area contributed by atoms with E-state index in [0.717, 1.165) is 38.3 Å². The molecule has 0 radical (unpaired) electrons. The number of amides is 2. The third-order valence-corrected chi connectivity index (χ3v) is 5.87. The first-order valence-corrected chi connectivity index (χ1v) is 12.7. The van der Waals surface area contributed by atoms with Crippen LogP contribution in [0.4, 0.5) is 16.2 Å². The average molecular weight is 499 g/mol. The lowest BCUT2D eigenvalue weighted by atomic mass is 10.1. The van der Waals surface area contributed by atoms with E-state index in [-0.39, 0.29) is 5.91 Å². The SMILES string of the molecule is CCOCCCNC(=O)c1cccc(N2CCN(CCOC(=O)Nc3ccccc3OCC)CC2)c1. The molecule has 36 heavy (non-hydrogen) atoms. The summed E-state index contributed by atoms with van der Waals surface area (Å²) in [5.41, 5.74) is 2.30. The zero-order valence-electron chi connectivity index (χ0n) is 21.3. The summed E-state index contributed by atoms with van der Waals surface area (Å²) < 4.78 is 16.2. The van der Waals surface area contributed by atoms with Crippen molar-refractivity contribution in [1.82, 2.24) is 10.2 Å². The zero-order chi connectivity index (χ0) is 25.6. The second-order valence-corrected chi connectivity index (χ2v) is 8.38. The summed E-state index contributed by atoms with van der Waals surface area (Å²) in [5.74, 6) is 0.558. The van der Waals surface area contributed by atoms with Gasteiger partial charge in [0, 0.05) is 63.7 Å². The van der Waals surface area contributed by atoms with E-state index in [4.69, 9.17) is 14.2 Å². The molecule has 1 heterocycles. The number of piperazine rings is 1. The van der Waals surface area contributed by atoms with Gasteiger partial charge in [-0.1, -0.05) is 18.2 Å². The fourth-order valence-corrected chi connectivity index (χ4v) is 3.96. The molecule has 2 aromatic carbocycles. The van der Waals surface area contributed by atoms with Gasteiger partial charge in [-0.15, -0.1) is 0 Å². The van der Waals surface area contributed by atoms with Crippen molar-refractivity contribution in [2.75, 3.05) is 75.9 Å². The monoisotopic (exact) mass is 498 g/mol. The number of carbonyl (C=O) groups is 2. The molecule has 1 aliphatic heterocycles. The molecular weight excluding hydrogens is 460 g/mol. The highest BCUT2D eigenvalue weighted by Crippen LogP contribution is 2.23. The molecule has 0 atom stereocenters. The maximum atomic E-state index is 12.5. The van der Waals surface area contributed by atoms with Crippen molar-refractivity contribution in [3.05, 3.63) is 54.1 Å². The highest BCUT2D eigenvalue weighted by molar-refractivity contribution is 5.95. The predicted octanol–water partition coefficient (Wildman–Crippen LogP) is 3.61. The average Bonchev–Trinajstić information content (AvgIpc) is 2.90. The van der Waals surface area contributed by atoms with Crippen molar-refractivity contribution in [3.8, 4) is 5.75 Å². The molecule has 2 amide bonds. The number of anilines is 2. The molecular formula is C27H38N4O5. The van der Waals surface area contributed by atoms with Crippen molar-refractivity contribution in [1.29, 1.82) is 0 Å². The molecule has 9 heteroatoms. The summed E-state index contributed by atoms with van der Waals surface area (Å²) in [6, 6.07) is 15.0. The van der Waals surface area contributed by atoms with Crippen molar-refractivity contribution < 1.29 is 23.8 Å². The van der Waals surface area contributed by atoms with E-state index >= 15 is 0 Å². The van der Waals surface area contributed by atoms with Crippen LogP contribution < -0.4 is 20.3 Å². The van der Waals surface area contributed by atoms with Crippen LogP contribution in [0.5, 0.6) is 5.75 Å². The molecule has 1 fully saturated rings. The van der Waals surface area contributed by atoms with E-state index in [1.807, 2.05) is 56.3 Å². The van der Waals surface area contributed by atoms with Crippen LogP contribution in [0.25, 0.3) is 0 Å². The summed E-state index contributed by atoms with van der Waals surface area (Å²) in [4.78, 5) is 29.2. The van der Waals surface area contributed by atoms with Crippen LogP contribution in [0.3, 0.4) is 0 Å². The lowest BCUT2D eigenvalue weighted by molar-refractivity contribution is 0.0944. The second-order valence-electron chi connectivity index (χ2n) is 8.38. The number of nitrogens with one attached hydrogen (secondary N) is 2. The number of nitrogens with zero attached hydrogens (tertiary/aromatic N) is 2. The molecule has 1 saturated heterocycles. The smallest absolute Gasteiger partial charge is 0.411 e. The number of rotatable bonds is 13. The van der Waals surface area contributed by atoms with Gasteiger partial charge in [-0.2, -0.15) is 0 Å². The molecule has 2 aromatic rings. The quantitative estimate of drug-likeness (QED) is 0.408. The Hall–Kier alpha value is -3.30. The minimum atomic E-state index is -0.492. The lowest BCUT2D eigenvalue weighted by Crippen LogP contribution is -2.47. The van der Waals surface area contributed by atoms with E-state index in [1.54, 1.807) is 6.07 Å². The van der Waals surface area contributed by atoms with Gasteiger partial charge in [0.15, 0.2) is 0 Å². The molecule has 9 nitrogen and oxygen atoms in total. The number of hydrogen-bond acceptors (Lipinski definition) is 7. The maximum Gasteiger partial charge on any atom is 0.411 e. The third kappa shape index (κ3) is 8.73. The van der Waals surface area contributed by atoms with E-state index in [2.05, 4.69) is 20.4 Å². The number of ether oxygens (including phenoxy) is 3. The second kappa shape index (κ2) is 15.0. The topological polar surface area (TPSA) is 92.4 Å². The molecule has 0 aromatic heterocycles. The third-order valence-electron chi connectivity index (χ3n) is 5.87. The summed E-state index contributed by atoms with van der Waals surface area (Å²) in [6.07, 6.45) is 0.307. The Morgan fingerprint density at radius 2 is 1.75 bits per heavy atom. The first-order chi connectivity index (χ1) is 17.6. The Bertz CT molecular complexity index is 963. The first kappa shape index (κ1) is 27.3. The van der Waals surface area contributed by atoms with Gasteiger partial charge < -0.3 is 24.4 Å². The fraction of sp³-hybridized carbons (Fsp3) is 0.481. The van der Waals surface area contributed by atoms with Crippen LogP contribution in [-0.2, 0) is 9.47 Å². The van der Waals surface area contributed by atoms with Crippen molar-refractivity contribution in [2.24, 2.45) is 0 Å². The van der Waals surface area contributed by atoms with Crippen molar-refractivity contribution in [2.45, 2.75) is 20.3 Å². The van der Waals surface area contributed by atoms with Gasteiger partial charge in [0.25, 0.3) is 5.91 Å². The van der Waals surface area contributed by atoms with Crippen molar-refractivity contribution >= 4 is 23.4 Å². The zero-order valence-corrected chi connectivity index (χ0v) is 21.3. The van der Waals surface area contributed by atoms with Crippen LogP contribution in [0, 0.1) is 0 Å². The number of carbonyl (C=O) groups excluding carboxylic acids is 2. The number of benzene rings is 2. The Labute approximate surface area is 213 Å². The largest absolute Gasteiger partial charge is 0.492 e. The standard InChI is InChI=1S/C27H38N4O5/c1-3-34-19-8-13-28-26(32)22-9-7-10-23(21-22)31-16-14-30(15-17-31)18-20-36-27(33)29-24-11-5-6-12-25(24)35-4-2/h5-7,9-12,21H,3-4,8,13-20H2,1-2H3,(H,28,32)(H,29,33). The summed E-state index contributed by atoms with van der Waals surface area (Å²) >= 11 is 0. The van der Waals surface area contributed by atoms with E-state index < -0.39 is 6.09 Å². The molecule has 0 aliphatic carbocycles. The molecule has 0 bridgehead atoms. The molecule has 0 spiro atoms. The van der Waals surface area contributed by atoms with Gasteiger partial charge in [-0.25, -0.2) is 4.79 Å². The normalized spacial score (nSPS) is 13.8. The summed E-state index contributed by atoms with van der Waals surface area (Å²) in [7, 11) is 0. The molecule has 0 saturated carbocycles. The van der Waals surface area contributed by atoms with Crippen LogP contribution >= 0.6 is 0 Å². The van der Waals surface area contributed by atoms with Crippen LogP contribution in [0.1, 0.15) is 30.6 Å². The molecule has 1 aliphatic rings. The molecule has 3 rings (SSSR count). The van der Waals surface area contributed by atoms with Gasteiger partial charge in [0.1, 0.15) is 12.4 Å². The Kier molecular flexibility index (Phi) is 11.3. The minimum Gasteiger partial charge on any atom is -0.492 e. The van der Waals surface area contributed by atoms with E-state index in [9.17, 15) is 9.59 Å². The summed E-state index contributed by atoms with van der Waals surface area (Å²) in [5, 5.41) is 5.70. The summed E-state index contributed by atoms with van der Waals surface area (Å²) in [6.45, 7) is 10.7. The Morgan fingerprint density at radius 3 is 2.53 bits per heavy atom. The highest BCUT2D eigenvalue weighted by atomic mass is 16.5. The molecule has 2 N–H and O–H groups in total. The molecule has 196 valence electrons. The van der Waals surface area contributed by atoms with Gasteiger partial charge in [0.2, 0.25) is 0 Å². The number of hydrogen-bond donors (Lipinski definition) is 2. The molecule has 0 unspecified atom stereocenters. The van der Waals surface area contributed by atoms with E-state index in [1.165, 1.54) is 0 Å². The van der Waals surface area contributed by atoms with Gasteiger partial charge >= 0.3 is 6.09 Å². The highest BCUT2D eigenvalue weighted by Gasteiger charge is 2.18.